The molecule has 1 heterocycles. The van der Waals surface area contributed by atoms with E-state index in [2.05, 4.69) is 6.07 Å². The van der Waals surface area contributed by atoms with Crippen molar-refractivity contribution in [3.8, 4) is 11.3 Å². The summed E-state index contributed by atoms with van der Waals surface area (Å²) >= 11 is 0. The molecule has 0 spiro atoms. The van der Waals surface area contributed by atoms with Crippen LogP contribution in [0.2, 0.25) is 0 Å². The molecule has 0 unspecified atom stereocenters. The number of alkyl halides is 3. The van der Waals surface area contributed by atoms with Crippen molar-refractivity contribution < 1.29 is 13.2 Å². The maximum atomic E-state index is 12.8. The van der Waals surface area contributed by atoms with Crippen LogP contribution >= 0.6 is 0 Å². The van der Waals surface area contributed by atoms with Crippen molar-refractivity contribution in [1.29, 1.82) is 0 Å². The maximum absolute atomic E-state index is 12.8. The number of benzene rings is 2. The van der Waals surface area contributed by atoms with Gasteiger partial charge in [0.25, 0.3) is 0 Å². The van der Waals surface area contributed by atoms with Gasteiger partial charge in [-0.15, -0.1) is 0 Å². The van der Waals surface area contributed by atoms with E-state index < -0.39 is 12.6 Å². The quantitative estimate of drug-likeness (QED) is 0.542. The molecule has 3 aromatic rings. The Kier molecular flexibility index (Phi) is 4.55. The third kappa shape index (κ3) is 4.01. The second-order valence-electron chi connectivity index (χ2n) is 6.63. The summed E-state index contributed by atoms with van der Waals surface area (Å²) in [6.45, 7) is 5.93. The molecule has 130 valence electrons. The van der Waals surface area contributed by atoms with Crippen LogP contribution in [0.1, 0.15) is 28.7 Å². The van der Waals surface area contributed by atoms with E-state index in [1.54, 1.807) is 0 Å². The summed E-state index contributed by atoms with van der Waals surface area (Å²) in [5.74, 6) is 0. The molecule has 2 aromatic carbocycles. The molecular formula is C21H20F3N. The Bertz CT molecular complexity index is 906. The molecule has 0 radical (unpaired) electrons. The topological polar surface area (TPSA) is 12.9 Å². The van der Waals surface area contributed by atoms with Gasteiger partial charge in [-0.3, -0.25) is 0 Å². The SMILES string of the molecule is Cc1cc(C)cc(-c2cc(CCC(F)(F)F)c3c(C)cccc3n2)c1. The smallest absolute Gasteiger partial charge is 0.248 e. The van der Waals surface area contributed by atoms with Crippen LogP contribution in [-0.2, 0) is 6.42 Å². The summed E-state index contributed by atoms with van der Waals surface area (Å²) in [6, 6.07) is 13.6. The van der Waals surface area contributed by atoms with Crippen molar-refractivity contribution in [3.05, 3.63) is 64.7 Å². The van der Waals surface area contributed by atoms with Gasteiger partial charge in [-0.1, -0.05) is 29.3 Å². The summed E-state index contributed by atoms with van der Waals surface area (Å²) < 4.78 is 38.3. The lowest BCUT2D eigenvalue weighted by molar-refractivity contribution is -0.133. The third-order valence-corrected chi connectivity index (χ3v) is 4.32. The van der Waals surface area contributed by atoms with Crippen LogP contribution < -0.4 is 0 Å². The highest BCUT2D eigenvalue weighted by Crippen LogP contribution is 2.31. The van der Waals surface area contributed by atoms with E-state index in [-0.39, 0.29) is 6.42 Å². The van der Waals surface area contributed by atoms with Crippen molar-refractivity contribution in [2.24, 2.45) is 0 Å². The van der Waals surface area contributed by atoms with Gasteiger partial charge in [-0.05, 0) is 62.6 Å². The predicted molar refractivity (Wildman–Crippen MR) is 95.8 cm³/mol. The number of nitrogens with zero attached hydrogens (tertiary/aromatic N) is 1. The Morgan fingerprint density at radius 1 is 0.920 bits per heavy atom. The minimum absolute atomic E-state index is 0.0365. The number of aromatic nitrogens is 1. The number of aryl methyl sites for hydroxylation is 4. The van der Waals surface area contributed by atoms with Crippen LogP contribution in [0.3, 0.4) is 0 Å². The van der Waals surface area contributed by atoms with Crippen molar-refractivity contribution in [3.63, 3.8) is 0 Å². The zero-order valence-electron chi connectivity index (χ0n) is 14.5. The van der Waals surface area contributed by atoms with Crippen molar-refractivity contribution in [1.82, 2.24) is 4.98 Å². The minimum atomic E-state index is -4.17. The highest BCUT2D eigenvalue weighted by atomic mass is 19.4. The highest BCUT2D eigenvalue weighted by molar-refractivity contribution is 5.88. The zero-order chi connectivity index (χ0) is 18.2. The van der Waals surface area contributed by atoms with E-state index in [4.69, 9.17) is 4.98 Å². The van der Waals surface area contributed by atoms with Gasteiger partial charge in [0.1, 0.15) is 0 Å². The molecule has 0 atom stereocenters. The highest BCUT2D eigenvalue weighted by Gasteiger charge is 2.27. The standard InChI is InChI=1S/C21H20F3N/c1-13-9-14(2)11-17(10-13)19-12-16(7-8-21(22,23)24)20-15(3)5-4-6-18(20)25-19/h4-6,9-12H,7-8H2,1-3H3. The lowest BCUT2D eigenvalue weighted by Gasteiger charge is -2.14. The summed E-state index contributed by atoms with van der Waals surface area (Å²) in [4.78, 5) is 4.71. The first kappa shape index (κ1) is 17.5. The zero-order valence-corrected chi connectivity index (χ0v) is 14.5. The normalized spacial score (nSPS) is 11.9. The first-order chi connectivity index (χ1) is 11.7. The third-order valence-electron chi connectivity index (χ3n) is 4.32. The largest absolute Gasteiger partial charge is 0.389 e. The van der Waals surface area contributed by atoms with Crippen molar-refractivity contribution in [2.75, 3.05) is 0 Å². The lowest BCUT2D eigenvalue weighted by Crippen LogP contribution is -2.09. The Hall–Kier alpha value is -2.36. The van der Waals surface area contributed by atoms with Gasteiger partial charge in [0.15, 0.2) is 0 Å². The lowest BCUT2D eigenvalue weighted by atomic mass is 9.96. The number of pyridine rings is 1. The van der Waals surface area contributed by atoms with Gasteiger partial charge < -0.3 is 0 Å². The molecule has 0 saturated heterocycles. The van der Waals surface area contributed by atoms with Crippen LogP contribution in [0, 0.1) is 20.8 Å². The molecule has 0 aliphatic heterocycles. The molecule has 0 saturated carbocycles. The second kappa shape index (κ2) is 6.51. The molecule has 1 nitrogen and oxygen atoms in total. The Morgan fingerprint density at radius 2 is 1.60 bits per heavy atom. The average molecular weight is 343 g/mol. The molecule has 3 rings (SSSR count). The fourth-order valence-electron chi connectivity index (χ4n) is 3.31. The number of rotatable bonds is 3. The van der Waals surface area contributed by atoms with Crippen LogP contribution in [0.25, 0.3) is 22.2 Å². The van der Waals surface area contributed by atoms with Crippen LogP contribution in [-0.4, -0.2) is 11.2 Å². The molecule has 0 amide bonds. The second-order valence-corrected chi connectivity index (χ2v) is 6.63. The Balaban J connectivity index is 2.17. The Labute approximate surface area is 145 Å². The summed E-state index contributed by atoms with van der Waals surface area (Å²) in [5.41, 5.74) is 6.28. The van der Waals surface area contributed by atoms with Gasteiger partial charge >= 0.3 is 6.18 Å². The van der Waals surface area contributed by atoms with Crippen molar-refractivity contribution in [2.45, 2.75) is 39.8 Å². The summed E-state index contributed by atoms with van der Waals surface area (Å²) in [7, 11) is 0. The molecule has 0 aliphatic carbocycles. The first-order valence-electron chi connectivity index (χ1n) is 8.27. The van der Waals surface area contributed by atoms with E-state index in [1.165, 1.54) is 0 Å². The van der Waals surface area contributed by atoms with E-state index in [9.17, 15) is 13.2 Å². The molecule has 4 heteroatoms. The molecule has 0 N–H and O–H groups in total. The predicted octanol–water partition coefficient (Wildman–Crippen LogP) is 6.32. The van der Waals surface area contributed by atoms with Gasteiger partial charge in [0.2, 0.25) is 0 Å². The van der Waals surface area contributed by atoms with Gasteiger partial charge in [-0.2, -0.15) is 13.2 Å². The maximum Gasteiger partial charge on any atom is 0.389 e. The van der Waals surface area contributed by atoms with E-state index >= 15 is 0 Å². The Morgan fingerprint density at radius 3 is 2.24 bits per heavy atom. The van der Waals surface area contributed by atoms with Crippen LogP contribution in [0.5, 0.6) is 0 Å². The van der Waals surface area contributed by atoms with Gasteiger partial charge in [0, 0.05) is 17.4 Å². The number of hydrogen-bond acceptors (Lipinski definition) is 1. The molecule has 0 aliphatic rings. The van der Waals surface area contributed by atoms with E-state index in [1.807, 2.05) is 57.2 Å². The molecule has 25 heavy (non-hydrogen) atoms. The van der Waals surface area contributed by atoms with Crippen LogP contribution in [0.15, 0.2) is 42.5 Å². The fraction of sp³-hybridized carbons (Fsp3) is 0.286. The number of fused-ring (bicyclic) bond motifs is 1. The monoisotopic (exact) mass is 343 g/mol. The van der Waals surface area contributed by atoms with Crippen LogP contribution in [0.4, 0.5) is 13.2 Å². The first-order valence-corrected chi connectivity index (χ1v) is 8.27. The molecular weight excluding hydrogens is 323 g/mol. The average Bonchev–Trinajstić information content (AvgIpc) is 2.51. The minimum Gasteiger partial charge on any atom is -0.248 e. The summed E-state index contributed by atoms with van der Waals surface area (Å²) in [6.07, 6.45) is -5.03. The van der Waals surface area contributed by atoms with Gasteiger partial charge in [0.05, 0.1) is 11.2 Å². The molecule has 0 fully saturated rings. The van der Waals surface area contributed by atoms with E-state index in [0.717, 1.165) is 38.9 Å². The van der Waals surface area contributed by atoms with E-state index in [0.29, 0.717) is 5.56 Å². The van der Waals surface area contributed by atoms with Gasteiger partial charge in [-0.25, -0.2) is 4.98 Å². The summed E-state index contributed by atoms with van der Waals surface area (Å²) in [5, 5.41) is 0.833. The van der Waals surface area contributed by atoms with Crippen molar-refractivity contribution >= 4 is 10.9 Å². The fourth-order valence-corrected chi connectivity index (χ4v) is 3.31. The number of hydrogen-bond donors (Lipinski definition) is 0. The number of halogens is 3. The molecule has 1 aromatic heterocycles. The molecule has 0 bridgehead atoms.